The first-order valence-electron chi connectivity index (χ1n) is 12.0. The minimum absolute atomic E-state index is 0.0862. The number of aryl methyl sites for hydroxylation is 3. The van der Waals surface area contributed by atoms with Crippen molar-refractivity contribution in [3.63, 3.8) is 0 Å². The maximum absolute atomic E-state index is 12.9. The van der Waals surface area contributed by atoms with E-state index < -0.39 is 5.60 Å². The number of hydrogen-bond acceptors (Lipinski definition) is 7. The molecular formula is C26H30N8O2. The third-order valence-corrected chi connectivity index (χ3v) is 6.52. The largest absolute Gasteiger partial charge is 0.384 e. The smallest absolute Gasteiger partial charge is 0.223 e. The predicted molar refractivity (Wildman–Crippen MR) is 135 cm³/mol. The van der Waals surface area contributed by atoms with Gasteiger partial charge in [0, 0.05) is 30.1 Å². The summed E-state index contributed by atoms with van der Waals surface area (Å²) in [7, 11) is 0. The van der Waals surface area contributed by atoms with Crippen molar-refractivity contribution in [3.05, 3.63) is 77.0 Å². The molecular weight excluding hydrogens is 456 g/mol. The highest BCUT2D eigenvalue weighted by Crippen LogP contribution is 2.45. The summed E-state index contributed by atoms with van der Waals surface area (Å²) in [6, 6.07) is 9.25. The molecule has 5 rings (SSSR count). The van der Waals surface area contributed by atoms with Crippen molar-refractivity contribution in [2.75, 3.05) is 5.32 Å². The molecule has 4 heterocycles. The van der Waals surface area contributed by atoms with Crippen molar-refractivity contribution in [3.8, 4) is 5.82 Å². The van der Waals surface area contributed by atoms with Crippen LogP contribution < -0.4 is 10.6 Å². The quantitative estimate of drug-likeness (QED) is 0.314. The zero-order valence-electron chi connectivity index (χ0n) is 20.8. The molecule has 1 amide bonds. The molecule has 0 aromatic carbocycles. The van der Waals surface area contributed by atoms with E-state index in [0.29, 0.717) is 30.2 Å². The molecule has 0 spiro atoms. The van der Waals surface area contributed by atoms with Crippen molar-refractivity contribution < 1.29 is 9.90 Å². The molecule has 0 saturated heterocycles. The summed E-state index contributed by atoms with van der Waals surface area (Å²) in [5, 5.41) is 28.7. The minimum Gasteiger partial charge on any atom is -0.384 e. The Morgan fingerprint density at radius 3 is 2.58 bits per heavy atom. The zero-order valence-corrected chi connectivity index (χ0v) is 20.8. The van der Waals surface area contributed by atoms with Crippen molar-refractivity contribution in [2.45, 2.75) is 52.2 Å². The molecule has 0 aliphatic heterocycles. The average molecular weight is 487 g/mol. The SMILES string of the molecule is Cc1cc(Nc2cc(C)[nH]n2)nc(C2(O)CC(C(=O)N[C@@H](C)c3ccc(-n4cc(C)cn4)nc3)C2)c1. The Bertz CT molecular complexity index is 1390. The number of carbonyl (C=O) groups excluding carboxylic acids is 1. The Morgan fingerprint density at radius 1 is 1.14 bits per heavy atom. The Labute approximate surface area is 209 Å². The molecule has 1 atom stereocenters. The van der Waals surface area contributed by atoms with Crippen molar-refractivity contribution >= 4 is 17.5 Å². The van der Waals surface area contributed by atoms with Crippen LogP contribution in [0.15, 0.2) is 48.9 Å². The lowest BCUT2D eigenvalue weighted by molar-refractivity contribution is -0.144. The summed E-state index contributed by atoms with van der Waals surface area (Å²) in [5.74, 6) is 1.61. The summed E-state index contributed by atoms with van der Waals surface area (Å²) < 4.78 is 1.72. The second kappa shape index (κ2) is 9.19. The normalized spacial score (nSPS) is 20.0. The van der Waals surface area contributed by atoms with E-state index in [1.54, 1.807) is 17.1 Å². The number of rotatable bonds is 7. The van der Waals surface area contributed by atoms with Gasteiger partial charge in [0.05, 0.1) is 17.9 Å². The summed E-state index contributed by atoms with van der Waals surface area (Å²) in [6.45, 7) is 7.77. The van der Waals surface area contributed by atoms with Crippen LogP contribution in [0.25, 0.3) is 5.82 Å². The molecule has 186 valence electrons. The van der Waals surface area contributed by atoms with Gasteiger partial charge in [-0.3, -0.25) is 9.89 Å². The molecule has 4 N–H and O–H groups in total. The van der Waals surface area contributed by atoms with E-state index in [-0.39, 0.29) is 17.9 Å². The Morgan fingerprint density at radius 2 is 1.94 bits per heavy atom. The zero-order chi connectivity index (χ0) is 25.4. The number of hydrogen-bond donors (Lipinski definition) is 4. The molecule has 1 saturated carbocycles. The van der Waals surface area contributed by atoms with Crippen molar-refractivity contribution in [1.82, 2.24) is 35.3 Å². The van der Waals surface area contributed by atoms with Crippen LogP contribution >= 0.6 is 0 Å². The number of anilines is 2. The number of amides is 1. The van der Waals surface area contributed by atoms with Crippen LogP contribution in [-0.4, -0.2) is 41.0 Å². The van der Waals surface area contributed by atoms with E-state index in [0.717, 1.165) is 28.2 Å². The maximum Gasteiger partial charge on any atom is 0.223 e. The minimum atomic E-state index is -1.14. The third-order valence-electron chi connectivity index (χ3n) is 6.52. The first-order chi connectivity index (χ1) is 17.2. The lowest BCUT2D eigenvalue weighted by Crippen LogP contribution is -2.49. The van der Waals surface area contributed by atoms with E-state index >= 15 is 0 Å². The first-order valence-corrected chi connectivity index (χ1v) is 12.0. The van der Waals surface area contributed by atoms with Crippen LogP contribution in [0.4, 0.5) is 11.6 Å². The molecule has 0 bridgehead atoms. The topological polar surface area (TPSA) is 134 Å². The van der Waals surface area contributed by atoms with Gasteiger partial charge in [-0.1, -0.05) is 6.07 Å². The number of H-pyrrole nitrogens is 1. The average Bonchev–Trinajstić information content (AvgIpc) is 3.44. The second-order valence-electron chi connectivity index (χ2n) is 9.76. The second-order valence-corrected chi connectivity index (χ2v) is 9.76. The van der Waals surface area contributed by atoms with Gasteiger partial charge in [-0.2, -0.15) is 10.2 Å². The van der Waals surface area contributed by atoms with Crippen molar-refractivity contribution in [2.24, 2.45) is 5.92 Å². The van der Waals surface area contributed by atoms with Gasteiger partial charge in [0.1, 0.15) is 11.4 Å². The highest BCUT2D eigenvalue weighted by atomic mass is 16.3. The van der Waals surface area contributed by atoms with Gasteiger partial charge in [0.25, 0.3) is 0 Å². The molecule has 4 aromatic rings. The first kappa shape index (κ1) is 23.7. The lowest BCUT2D eigenvalue weighted by Gasteiger charge is -2.42. The summed E-state index contributed by atoms with van der Waals surface area (Å²) >= 11 is 0. The van der Waals surface area contributed by atoms with Gasteiger partial charge in [-0.25, -0.2) is 14.6 Å². The Kier molecular flexibility index (Phi) is 6.05. The van der Waals surface area contributed by atoms with Crippen LogP contribution in [0.5, 0.6) is 0 Å². The standard InChI is InChI=1S/C26H30N8O2/c1-15-7-21(30-22(8-15)31-23-9-17(3)32-33-23)26(36)10-20(11-26)25(35)29-18(4)19-5-6-24(27-13-19)34-14-16(2)12-28-34/h5-9,12-14,18,20,36H,10-11H2,1-4H3,(H,29,35)(H2,30,31,32,33)/t18-,20?,26?/m0/s1. The van der Waals surface area contributed by atoms with Crippen LogP contribution in [-0.2, 0) is 10.4 Å². The molecule has 10 nitrogen and oxygen atoms in total. The van der Waals surface area contributed by atoms with Crippen LogP contribution in [0.1, 0.15) is 53.9 Å². The fourth-order valence-corrected chi connectivity index (χ4v) is 4.47. The Hall–Kier alpha value is -4.05. The van der Waals surface area contributed by atoms with Gasteiger partial charge in [0.2, 0.25) is 5.91 Å². The highest BCUT2D eigenvalue weighted by molar-refractivity contribution is 5.80. The number of nitrogens with zero attached hydrogens (tertiary/aromatic N) is 5. The molecule has 1 aliphatic rings. The molecule has 0 unspecified atom stereocenters. The van der Waals surface area contributed by atoms with Gasteiger partial charge in [-0.05, 0) is 75.4 Å². The number of aliphatic hydroxyl groups is 1. The van der Waals surface area contributed by atoms with Gasteiger partial charge < -0.3 is 15.7 Å². The summed E-state index contributed by atoms with van der Waals surface area (Å²) in [4.78, 5) is 22.0. The lowest BCUT2D eigenvalue weighted by atomic mass is 9.68. The predicted octanol–water partition coefficient (Wildman–Crippen LogP) is 3.53. The molecule has 36 heavy (non-hydrogen) atoms. The van der Waals surface area contributed by atoms with E-state index in [2.05, 4.69) is 35.9 Å². The van der Waals surface area contributed by atoms with E-state index in [1.807, 2.05) is 64.2 Å². The van der Waals surface area contributed by atoms with Crippen LogP contribution in [0.3, 0.4) is 0 Å². The number of nitrogens with one attached hydrogen (secondary N) is 3. The van der Waals surface area contributed by atoms with Gasteiger partial charge in [-0.15, -0.1) is 0 Å². The molecule has 4 aromatic heterocycles. The summed E-state index contributed by atoms with van der Waals surface area (Å²) in [5.41, 5.74) is 3.28. The van der Waals surface area contributed by atoms with E-state index in [1.165, 1.54) is 0 Å². The van der Waals surface area contributed by atoms with E-state index in [9.17, 15) is 9.90 Å². The fraction of sp³-hybridized carbons (Fsp3) is 0.346. The third kappa shape index (κ3) is 4.85. The van der Waals surface area contributed by atoms with Crippen LogP contribution in [0, 0.1) is 26.7 Å². The molecule has 10 heteroatoms. The number of carbonyl (C=O) groups is 1. The van der Waals surface area contributed by atoms with Crippen molar-refractivity contribution in [1.29, 1.82) is 0 Å². The Balaban J connectivity index is 1.20. The van der Waals surface area contributed by atoms with E-state index in [4.69, 9.17) is 0 Å². The number of aromatic nitrogens is 6. The molecule has 1 fully saturated rings. The van der Waals surface area contributed by atoms with Gasteiger partial charge >= 0.3 is 0 Å². The maximum atomic E-state index is 12.9. The van der Waals surface area contributed by atoms with Gasteiger partial charge in [0.15, 0.2) is 11.6 Å². The monoisotopic (exact) mass is 486 g/mol. The number of aromatic amines is 1. The number of pyridine rings is 2. The van der Waals surface area contributed by atoms with Crippen LogP contribution in [0.2, 0.25) is 0 Å². The molecule has 0 radical (unpaired) electrons. The fourth-order valence-electron chi connectivity index (χ4n) is 4.47. The summed E-state index contributed by atoms with van der Waals surface area (Å²) in [6.07, 6.45) is 6.07. The highest BCUT2D eigenvalue weighted by Gasteiger charge is 2.48. The molecule has 1 aliphatic carbocycles.